The molecule has 1 fully saturated rings. The van der Waals surface area contributed by atoms with Crippen LogP contribution in [0.15, 0.2) is 0 Å². The molecule has 4 nitrogen and oxygen atoms in total. The van der Waals surface area contributed by atoms with E-state index >= 15 is 0 Å². The van der Waals surface area contributed by atoms with E-state index in [1.165, 1.54) is 12.8 Å². The Bertz CT molecular complexity index is 266. The maximum absolute atomic E-state index is 12.0. The number of amides is 1. The van der Waals surface area contributed by atoms with Crippen molar-refractivity contribution >= 4 is 5.91 Å². The highest BCUT2D eigenvalue weighted by molar-refractivity contribution is 5.86. The molecule has 1 unspecified atom stereocenters. The van der Waals surface area contributed by atoms with Crippen molar-refractivity contribution in [1.29, 1.82) is 0 Å². The third-order valence-corrected chi connectivity index (χ3v) is 3.95. The zero-order valence-corrected chi connectivity index (χ0v) is 12.2. The number of rotatable bonds is 10. The first kappa shape index (κ1) is 15.4. The van der Waals surface area contributed by atoms with Crippen molar-refractivity contribution in [3.05, 3.63) is 0 Å². The number of carbonyl (C=O) groups excluding carboxylic acids is 1. The van der Waals surface area contributed by atoms with Crippen LogP contribution in [0.2, 0.25) is 0 Å². The number of nitrogens with two attached hydrogens (primary N) is 1. The van der Waals surface area contributed by atoms with E-state index in [4.69, 9.17) is 5.73 Å². The normalized spacial score (nSPS) is 18.9. The van der Waals surface area contributed by atoms with E-state index in [0.29, 0.717) is 5.92 Å². The minimum Gasteiger partial charge on any atom is -0.368 e. The summed E-state index contributed by atoms with van der Waals surface area (Å²) in [4.78, 5) is 14.3. The lowest BCUT2D eigenvalue weighted by Gasteiger charge is -2.36. The fourth-order valence-corrected chi connectivity index (χ4v) is 2.67. The summed E-state index contributed by atoms with van der Waals surface area (Å²) in [6, 6.07) is 0. The predicted octanol–water partition coefficient (Wildman–Crippen LogP) is 1.35. The zero-order valence-electron chi connectivity index (χ0n) is 12.2. The van der Waals surface area contributed by atoms with Gasteiger partial charge in [-0.15, -0.1) is 0 Å². The van der Waals surface area contributed by atoms with Crippen LogP contribution in [0.4, 0.5) is 0 Å². The fourth-order valence-electron chi connectivity index (χ4n) is 2.67. The molecular formula is C14H29N3O. The Morgan fingerprint density at radius 1 is 1.39 bits per heavy atom. The van der Waals surface area contributed by atoms with Crippen LogP contribution >= 0.6 is 0 Å². The van der Waals surface area contributed by atoms with E-state index in [9.17, 15) is 4.79 Å². The van der Waals surface area contributed by atoms with Gasteiger partial charge in [0.05, 0.1) is 0 Å². The molecule has 0 bridgehead atoms. The molecule has 0 heterocycles. The maximum atomic E-state index is 12.0. The number of carbonyl (C=O) groups is 1. The molecule has 1 amide bonds. The Morgan fingerprint density at radius 2 is 2.06 bits per heavy atom. The van der Waals surface area contributed by atoms with Crippen molar-refractivity contribution < 1.29 is 4.79 Å². The molecule has 0 radical (unpaired) electrons. The first-order valence-corrected chi connectivity index (χ1v) is 7.38. The van der Waals surface area contributed by atoms with Gasteiger partial charge in [-0.1, -0.05) is 27.2 Å². The van der Waals surface area contributed by atoms with Crippen LogP contribution in [-0.4, -0.2) is 42.5 Å². The van der Waals surface area contributed by atoms with E-state index in [1.54, 1.807) is 0 Å². The topological polar surface area (TPSA) is 58.4 Å². The van der Waals surface area contributed by atoms with E-state index < -0.39 is 5.54 Å². The molecule has 1 rings (SSSR count). The number of unbranched alkanes of at least 4 members (excludes halogenated alkanes) is 1. The number of primary amides is 1. The van der Waals surface area contributed by atoms with Gasteiger partial charge in [-0.2, -0.15) is 0 Å². The van der Waals surface area contributed by atoms with E-state index in [-0.39, 0.29) is 5.91 Å². The first-order chi connectivity index (χ1) is 8.60. The van der Waals surface area contributed by atoms with Crippen molar-refractivity contribution in [1.82, 2.24) is 10.2 Å². The summed E-state index contributed by atoms with van der Waals surface area (Å²) in [5.74, 6) is 0.257. The standard InChI is InChI=1S/C14H29N3O/c1-4-7-10-17(6-3)11-14(13(15)18,16-5-2)12-8-9-12/h12,16H,4-11H2,1-3H3,(H2,15,18). The van der Waals surface area contributed by atoms with E-state index in [2.05, 4.69) is 24.1 Å². The summed E-state index contributed by atoms with van der Waals surface area (Å²) in [5.41, 5.74) is 5.20. The van der Waals surface area contributed by atoms with Gasteiger partial charge in [0.1, 0.15) is 5.54 Å². The zero-order chi connectivity index (χ0) is 13.6. The second-order valence-corrected chi connectivity index (χ2v) is 5.36. The Kier molecular flexibility index (Phi) is 6.09. The Morgan fingerprint density at radius 3 is 2.44 bits per heavy atom. The molecule has 0 aliphatic heterocycles. The second-order valence-electron chi connectivity index (χ2n) is 5.36. The predicted molar refractivity (Wildman–Crippen MR) is 75.3 cm³/mol. The highest BCUT2D eigenvalue weighted by Crippen LogP contribution is 2.40. The van der Waals surface area contributed by atoms with Gasteiger partial charge < -0.3 is 16.0 Å². The van der Waals surface area contributed by atoms with Crippen LogP contribution in [0.5, 0.6) is 0 Å². The number of likely N-dealkylation sites (N-methyl/N-ethyl adjacent to an activating group) is 2. The molecule has 0 saturated heterocycles. The highest BCUT2D eigenvalue weighted by Gasteiger charge is 2.49. The molecular weight excluding hydrogens is 226 g/mol. The van der Waals surface area contributed by atoms with Crippen molar-refractivity contribution in [3.8, 4) is 0 Å². The summed E-state index contributed by atoms with van der Waals surface area (Å²) in [7, 11) is 0. The molecule has 0 aromatic rings. The quantitative estimate of drug-likeness (QED) is 0.619. The van der Waals surface area contributed by atoms with Gasteiger partial charge in [-0.3, -0.25) is 4.79 Å². The maximum Gasteiger partial charge on any atom is 0.239 e. The largest absolute Gasteiger partial charge is 0.368 e. The molecule has 1 aliphatic carbocycles. The molecule has 4 heteroatoms. The number of hydrogen-bond acceptors (Lipinski definition) is 3. The van der Waals surface area contributed by atoms with Crippen molar-refractivity contribution in [2.75, 3.05) is 26.2 Å². The third kappa shape index (κ3) is 3.69. The smallest absolute Gasteiger partial charge is 0.239 e. The van der Waals surface area contributed by atoms with Gasteiger partial charge in [0.15, 0.2) is 0 Å². The van der Waals surface area contributed by atoms with Gasteiger partial charge in [0.25, 0.3) is 0 Å². The van der Waals surface area contributed by atoms with Gasteiger partial charge in [0, 0.05) is 6.54 Å². The van der Waals surface area contributed by atoms with Gasteiger partial charge in [0.2, 0.25) is 5.91 Å². The summed E-state index contributed by atoms with van der Waals surface area (Å²) in [6.45, 7) is 9.98. The second kappa shape index (κ2) is 7.10. The van der Waals surface area contributed by atoms with Crippen LogP contribution in [0.3, 0.4) is 0 Å². The lowest BCUT2D eigenvalue weighted by molar-refractivity contribution is -0.126. The lowest BCUT2D eigenvalue weighted by atomic mass is 9.91. The molecule has 1 saturated carbocycles. The molecule has 3 N–H and O–H groups in total. The SMILES string of the molecule is CCCCN(CC)CC(NCC)(C(N)=O)C1CC1. The fraction of sp³-hybridized carbons (Fsp3) is 0.929. The van der Waals surface area contributed by atoms with Crippen molar-refractivity contribution in [2.24, 2.45) is 11.7 Å². The first-order valence-electron chi connectivity index (χ1n) is 7.38. The number of hydrogen-bond donors (Lipinski definition) is 2. The third-order valence-electron chi connectivity index (χ3n) is 3.95. The van der Waals surface area contributed by atoms with Crippen molar-refractivity contribution in [2.45, 2.75) is 52.0 Å². The molecule has 0 spiro atoms. The minimum atomic E-state index is -0.501. The molecule has 1 aliphatic rings. The van der Waals surface area contributed by atoms with Gasteiger partial charge in [-0.25, -0.2) is 0 Å². The Balaban J connectivity index is 2.72. The molecule has 106 valence electrons. The number of nitrogens with one attached hydrogen (secondary N) is 1. The molecule has 0 aromatic carbocycles. The van der Waals surface area contributed by atoms with Crippen LogP contribution < -0.4 is 11.1 Å². The van der Waals surface area contributed by atoms with E-state index in [1.807, 2.05) is 6.92 Å². The average molecular weight is 255 g/mol. The summed E-state index contributed by atoms with van der Waals surface area (Å²) in [6.07, 6.45) is 4.62. The van der Waals surface area contributed by atoms with Gasteiger partial charge in [-0.05, 0) is 44.8 Å². The Hall–Kier alpha value is -0.610. The van der Waals surface area contributed by atoms with Crippen LogP contribution in [0.25, 0.3) is 0 Å². The van der Waals surface area contributed by atoms with Crippen LogP contribution in [0, 0.1) is 5.92 Å². The van der Waals surface area contributed by atoms with Crippen LogP contribution in [0.1, 0.15) is 46.5 Å². The Labute approximate surface area is 111 Å². The lowest BCUT2D eigenvalue weighted by Crippen LogP contribution is -2.63. The van der Waals surface area contributed by atoms with E-state index in [0.717, 1.165) is 39.0 Å². The van der Waals surface area contributed by atoms with Gasteiger partial charge >= 0.3 is 0 Å². The number of nitrogens with zero attached hydrogens (tertiary/aromatic N) is 1. The monoisotopic (exact) mass is 255 g/mol. The molecule has 18 heavy (non-hydrogen) atoms. The summed E-state index contributed by atoms with van der Waals surface area (Å²) < 4.78 is 0. The molecule has 0 aromatic heterocycles. The van der Waals surface area contributed by atoms with Crippen molar-refractivity contribution in [3.63, 3.8) is 0 Å². The summed E-state index contributed by atoms with van der Waals surface area (Å²) >= 11 is 0. The average Bonchev–Trinajstić information content (AvgIpc) is 3.17. The van der Waals surface area contributed by atoms with Crippen LogP contribution in [-0.2, 0) is 4.79 Å². The highest BCUT2D eigenvalue weighted by atomic mass is 16.1. The molecule has 1 atom stereocenters. The minimum absolute atomic E-state index is 0.179. The summed E-state index contributed by atoms with van der Waals surface area (Å²) in [5, 5.41) is 3.38.